The number of rotatable bonds is 10. The van der Waals surface area contributed by atoms with E-state index in [1.165, 1.54) is 0 Å². The second-order valence-corrected chi connectivity index (χ2v) is 14.7. The van der Waals surface area contributed by atoms with Crippen LogP contribution in [0.1, 0.15) is 130 Å². The molecule has 0 atom stereocenters. The van der Waals surface area contributed by atoms with Crippen molar-refractivity contribution < 1.29 is 19.4 Å². The molecule has 232 valence electrons. The quantitative estimate of drug-likeness (QED) is 0.261. The number of aryl methyl sites for hydroxylation is 2. The van der Waals surface area contributed by atoms with Crippen molar-refractivity contribution in [2.24, 2.45) is 0 Å². The van der Waals surface area contributed by atoms with E-state index in [-0.39, 0.29) is 21.6 Å². The normalized spacial score (nSPS) is 13.3. The molecule has 41 heavy (non-hydrogen) atoms. The molecule has 0 N–H and O–H groups in total. The topological polar surface area (TPSA) is 89.5 Å². The van der Waals surface area contributed by atoms with E-state index in [2.05, 4.69) is 79.7 Å². The molecule has 0 bridgehead atoms. The highest BCUT2D eigenvalue weighted by Crippen LogP contribution is 2.41. The highest BCUT2D eigenvalue weighted by molar-refractivity contribution is 5.54. The smallest absolute Gasteiger partial charge is 0.156 e. The molecule has 0 aromatic heterocycles. The average Bonchev–Trinajstić information content (AvgIpc) is 2.76. The molecule has 8 nitrogen and oxygen atoms in total. The average molecular weight is 573 g/mol. The van der Waals surface area contributed by atoms with Crippen LogP contribution in [0.4, 0.5) is 0 Å². The number of nitrogens with zero attached hydrogens (tertiary/aromatic N) is 2. The summed E-state index contributed by atoms with van der Waals surface area (Å²) in [6.07, 6.45) is 1.95. The molecule has 2 aromatic rings. The standard InChI is InChI=1S/C33H52N2O6/c1-15-22-17-24(28(26(19-22)30(3,4)5)38-34(36)40-32(9,10)11)21-25-18-23(16-2)20-27(31(6,7)8)29(25)39-35(37)41-33(12,13)14/h17-20H,15-16,21H2,1-14H3/q-2. The summed E-state index contributed by atoms with van der Waals surface area (Å²) in [6, 6.07) is 8.27. The summed E-state index contributed by atoms with van der Waals surface area (Å²) in [5.74, 6) is 0.869. The van der Waals surface area contributed by atoms with Crippen LogP contribution in [-0.2, 0) is 39.8 Å². The van der Waals surface area contributed by atoms with Crippen molar-refractivity contribution in [2.45, 2.75) is 138 Å². The molecule has 0 aliphatic heterocycles. The van der Waals surface area contributed by atoms with E-state index in [1.807, 2.05) is 0 Å². The van der Waals surface area contributed by atoms with Crippen LogP contribution in [0.15, 0.2) is 24.3 Å². The molecule has 0 spiro atoms. The van der Waals surface area contributed by atoms with E-state index >= 15 is 0 Å². The summed E-state index contributed by atoms with van der Waals surface area (Å²) in [4.78, 5) is 22.7. The number of hydrogen-bond donors (Lipinski definition) is 0. The summed E-state index contributed by atoms with van der Waals surface area (Å²) in [6.45, 7) is 27.4. The van der Waals surface area contributed by atoms with Gasteiger partial charge < -0.3 is 20.1 Å². The molecule has 0 aliphatic rings. The lowest BCUT2D eigenvalue weighted by atomic mass is 9.81. The molecule has 8 heteroatoms. The van der Waals surface area contributed by atoms with Crippen LogP contribution < -0.4 is 9.68 Å². The molecule has 0 radical (unpaired) electrons. The molecule has 2 aromatic carbocycles. The predicted molar refractivity (Wildman–Crippen MR) is 165 cm³/mol. The highest BCUT2D eigenvalue weighted by Gasteiger charge is 2.28. The van der Waals surface area contributed by atoms with Crippen LogP contribution in [0.25, 0.3) is 0 Å². The van der Waals surface area contributed by atoms with Crippen LogP contribution in [0.5, 0.6) is 11.5 Å². The minimum atomic E-state index is -0.740. The van der Waals surface area contributed by atoms with Gasteiger partial charge in [0.2, 0.25) is 0 Å². The SMILES string of the molecule is CCc1cc(Cc2cc(CC)cc(C(C)(C)C)c2ON([O-])OC(C)(C)C)c(ON([O-])OC(C)(C)C)c(C(C)(C)C)c1. The van der Waals surface area contributed by atoms with E-state index < -0.39 is 11.2 Å². The zero-order valence-electron chi connectivity index (χ0n) is 27.8. The lowest BCUT2D eigenvalue weighted by molar-refractivity contribution is -0.328. The van der Waals surface area contributed by atoms with Gasteiger partial charge in [0.1, 0.15) is 0 Å². The molecular weight excluding hydrogens is 520 g/mol. The Hall–Kier alpha value is -2.20. The fourth-order valence-corrected chi connectivity index (χ4v) is 4.35. The summed E-state index contributed by atoms with van der Waals surface area (Å²) in [5, 5.41) is 26.1. The Labute approximate surface area is 247 Å². The van der Waals surface area contributed by atoms with Gasteiger partial charge in [-0.25, -0.2) is 0 Å². The third-order valence-electron chi connectivity index (χ3n) is 6.29. The Kier molecular flexibility index (Phi) is 11.1. The van der Waals surface area contributed by atoms with Crippen molar-refractivity contribution in [3.05, 3.63) is 68.1 Å². The van der Waals surface area contributed by atoms with Crippen molar-refractivity contribution in [1.82, 2.24) is 10.8 Å². The fourth-order valence-electron chi connectivity index (χ4n) is 4.35. The van der Waals surface area contributed by atoms with Crippen molar-refractivity contribution in [3.63, 3.8) is 0 Å². The third kappa shape index (κ3) is 10.5. The van der Waals surface area contributed by atoms with E-state index in [4.69, 9.17) is 19.4 Å². The first kappa shape index (κ1) is 35.0. The Morgan fingerprint density at radius 3 is 1.12 bits per heavy atom. The monoisotopic (exact) mass is 572 g/mol. The zero-order valence-corrected chi connectivity index (χ0v) is 27.8. The van der Waals surface area contributed by atoms with Crippen molar-refractivity contribution in [3.8, 4) is 11.5 Å². The first-order chi connectivity index (χ1) is 18.5. The molecule has 0 unspecified atom stereocenters. The minimum absolute atomic E-state index is 0.191. The summed E-state index contributed by atoms with van der Waals surface area (Å²) in [5.41, 5.74) is 3.44. The number of hydrogen-bond acceptors (Lipinski definition) is 8. The van der Waals surface area contributed by atoms with Gasteiger partial charge in [0, 0.05) is 28.7 Å². The molecule has 2 rings (SSSR count). The van der Waals surface area contributed by atoms with E-state index in [0.29, 0.717) is 17.9 Å². The molecule has 0 amide bonds. The van der Waals surface area contributed by atoms with Crippen LogP contribution in [0, 0.1) is 10.4 Å². The van der Waals surface area contributed by atoms with Crippen molar-refractivity contribution >= 4 is 0 Å². The Bertz CT molecular complexity index is 1080. The van der Waals surface area contributed by atoms with Crippen LogP contribution in [0.3, 0.4) is 0 Å². The van der Waals surface area contributed by atoms with Gasteiger partial charge in [-0.1, -0.05) is 90.4 Å². The maximum atomic E-state index is 12.9. The predicted octanol–water partition coefficient (Wildman–Crippen LogP) is 8.64. The minimum Gasteiger partial charge on any atom is -0.728 e. The van der Waals surface area contributed by atoms with Gasteiger partial charge in [-0.2, -0.15) is 0 Å². The molecule has 0 heterocycles. The van der Waals surface area contributed by atoms with Crippen molar-refractivity contribution in [2.75, 3.05) is 0 Å². The molecule has 0 saturated heterocycles. The summed E-state index contributed by atoms with van der Waals surface area (Å²) in [7, 11) is 0. The number of benzene rings is 2. The van der Waals surface area contributed by atoms with Gasteiger partial charge in [0.15, 0.2) is 11.5 Å². The van der Waals surface area contributed by atoms with Gasteiger partial charge in [-0.15, -0.1) is 0 Å². The zero-order chi connectivity index (χ0) is 31.6. The van der Waals surface area contributed by atoms with Gasteiger partial charge >= 0.3 is 0 Å². The lowest BCUT2D eigenvalue weighted by Gasteiger charge is -2.36. The van der Waals surface area contributed by atoms with Gasteiger partial charge in [0.25, 0.3) is 0 Å². The van der Waals surface area contributed by atoms with E-state index in [0.717, 1.165) is 46.2 Å². The fraction of sp³-hybridized carbons (Fsp3) is 0.636. The van der Waals surface area contributed by atoms with Crippen LogP contribution >= 0.6 is 0 Å². The summed E-state index contributed by atoms with van der Waals surface area (Å²) >= 11 is 0. The Morgan fingerprint density at radius 2 is 0.878 bits per heavy atom. The highest BCUT2D eigenvalue weighted by atomic mass is 17.1. The summed E-state index contributed by atoms with van der Waals surface area (Å²) < 4.78 is 0. The van der Waals surface area contributed by atoms with E-state index in [1.54, 1.807) is 41.5 Å². The first-order valence-corrected chi connectivity index (χ1v) is 14.5. The Morgan fingerprint density at radius 1 is 0.561 bits per heavy atom. The largest absolute Gasteiger partial charge is 0.728 e. The molecule has 0 saturated carbocycles. The molecule has 0 fully saturated rings. The second-order valence-electron chi connectivity index (χ2n) is 14.7. The maximum absolute atomic E-state index is 12.9. The third-order valence-corrected chi connectivity index (χ3v) is 6.29. The second kappa shape index (κ2) is 13.0. The lowest BCUT2D eigenvalue weighted by Crippen LogP contribution is -2.33. The first-order valence-electron chi connectivity index (χ1n) is 14.5. The van der Waals surface area contributed by atoms with Crippen molar-refractivity contribution in [1.29, 1.82) is 0 Å². The maximum Gasteiger partial charge on any atom is 0.156 e. The molecule has 0 aliphatic carbocycles. The Balaban J connectivity index is 2.82. The van der Waals surface area contributed by atoms with Gasteiger partial charge in [0.05, 0.1) is 11.2 Å². The van der Waals surface area contributed by atoms with Crippen LogP contribution in [-0.4, -0.2) is 22.0 Å². The molecular formula is C33H52N2O6-2. The van der Waals surface area contributed by atoms with Crippen LogP contribution in [0.2, 0.25) is 0 Å². The van der Waals surface area contributed by atoms with E-state index in [9.17, 15) is 10.4 Å². The van der Waals surface area contributed by atoms with Gasteiger partial charge in [-0.05, 0) is 76.3 Å². The van der Waals surface area contributed by atoms with Gasteiger partial charge in [-0.3, -0.25) is 9.68 Å².